The average Bonchev–Trinajstić information content (AvgIpc) is 3.20. The molecule has 30 heavy (non-hydrogen) atoms. The van der Waals surface area contributed by atoms with Crippen molar-refractivity contribution in [2.75, 3.05) is 26.3 Å². The number of aryl methyl sites for hydroxylation is 1. The van der Waals surface area contributed by atoms with Gasteiger partial charge in [0, 0.05) is 19.6 Å². The van der Waals surface area contributed by atoms with Crippen molar-refractivity contribution in [2.45, 2.75) is 19.9 Å². The van der Waals surface area contributed by atoms with E-state index in [4.69, 9.17) is 9.15 Å². The van der Waals surface area contributed by atoms with Crippen LogP contribution in [-0.2, 0) is 17.7 Å². The van der Waals surface area contributed by atoms with E-state index >= 15 is 0 Å². The maximum absolute atomic E-state index is 13.4. The summed E-state index contributed by atoms with van der Waals surface area (Å²) >= 11 is 1.48. The Morgan fingerprint density at radius 3 is 2.80 bits per heavy atom. The molecule has 0 radical (unpaired) electrons. The molecule has 1 aliphatic rings. The monoisotopic (exact) mass is 422 g/mol. The summed E-state index contributed by atoms with van der Waals surface area (Å²) in [4.78, 5) is 20.2. The number of phenolic OH excluding ortho intramolecular Hbond substituents is 1. The van der Waals surface area contributed by atoms with Gasteiger partial charge in [0.1, 0.15) is 22.6 Å². The summed E-state index contributed by atoms with van der Waals surface area (Å²) in [6, 6.07) is 9.58. The molecule has 2 aromatic carbocycles. The number of nitrogens with zero attached hydrogens (tertiary/aromatic N) is 2. The van der Waals surface area contributed by atoms with Crippen LogP contribution in [0.5, 0.6) is 5.75 Å². The van der Waals surface area contributed by atoms with Crippen molar-refractivity contribution in [1.29, 1.82) is 0 Å². The highest BCUT2D eigenvalue weighted by Crippen LogP contribution is 2.34. The molecule has 1 fully saturated rings. The molecule has 0 spiro atoms. The molecule has 6 nitrogen and oxygen atoms in total. The molecule has 0 saturated carbocycles. The quantitative estimate of drug-likeness (QED) is 0.532. The predicted molar refractivity (Wildman–Crippen MR) is 118 cm³/mol. The van der Waals surface area contributed by atoms with Crippen LogP contribution in [-0.4, -0.2) is 41.3 Å². The van der Waals surface area contributed by atoms with Crippen molar-refractivity contribution in [2.24, 2.45) is 0 Å². The van der Waals surface area contributed by atoms with Crippen LogP contribution in [0.4, 0.5) is 0 Å². The zero-order valence-electron chi connectivity index (χ0n) is 16.7. The number of morpholine rings is 1. The van der Waals surface area contributed by atoms with Crippen LogP contribution < -0.4 is 5.43 Å². The second kappa shape index (κ2) is 7.83. The Morgan fingerprint density at radius 1 is 1.23 bits per heavy atom. The molecular formula is C23H22N2O4S. The van der Waals surface area contributed by atoms with E-state index < -0.39 is 0 Å². The molecule has 0 amide bonds. The van der Waals surface area contributed by atoms with Crippen LogP contribution in [0.2, 0.25) is 0 Å². The van der Waals surface area contributed by atoms with Gasteiger partial charge in [-0.05, 0) is 30.2 Å². The Hall–Kier alpha value is -2.74. The summed E-state index contributed by atoms with van der Waals surface area (Å²) in [5, 5.41) is 12.0. The largest absolute Gasteiger partial charge is 0.507 e. The van der Waals surface area contributed by atoms with Gasteiger partial charge in [0.15, 0.2) is 0 Å². The Kier molecular flexibility index (Phi) is 5.02. The number of fused-ring (bicyclic) bond motifs is 2. The summed E-state index contributed by atoms with van der Waals surface area (Å²) in [7, 11) is 0. The molecule has 0 unspecified atom stereocenters. The van der Waals surface area contributed by atoms with Crippen LogP contribution in [0.3, 0.4) is 0 Å². The predicted octanol–water partition coefficient (Wildman–Crippen LogP) is 4.17. The van der Waals surface area contributed by atoms with Gasteiger partial charge in [-0.1, -0.05) is 19.1 Å². The Morgan fingerprint density at radius 2 is 2.03 bits per heavy atom. The van der Waals surface area contributed by atoms with Gasteiger partial charge in [-0.3, -0.25) is 9.69 Å². The molecule has 1 saturated heterocycles. The van der Waals surface area contributed by atoms with E-state index in [0.717, 1.165) is 28.9 Å². The molecule has 0 bridgehead atoms. The third kappa shape index (κ3) is 3.29. The average molecular weight is 423 g/mol. The first-order chi connectivity index (χ1) is 14.7. The summed E-state index contributed by atoms with van der Waals surface area (Å²) in [6.45, 7) is 5.38. The number of para-hydroxylation sites is 1. The van der Waals surface area contributed by atoms with Crippen molar-refractivity contribution in [3.05, 3.63) is 57.9 Å². The minimum absolute atomic E-state index is 0.117. The smallest absolute Gasteiger partial charge is 0.202 e. The first-order valence-electron chi connectivity index (χ1n) is 10.1. The molecule has 4 aromatic rings. The molecule has 1 N–H and O–H groups in total. The molecule has 1 aliphatic heterocycles. The molecule has 154 valence electrons. The standard InChI is InChI=1S/C23H22N2O4S/c1-2-14-11-15-21(27)17(23-24-18-5-3-4-6-19(18)30-23)13-29-22(15)16(20(14)26)12-25-7-9-28-10-8-25/h3-6,11,13,26H,2,7-10,12H2,1H3. The number of ether oxygens (including phenoxy) is 1. The molecule has 5 rings (SSSR count). The normalized spacial score (nSPS) is 15.2. The second-order valence-electron chi connectivity index (χ2n) is 7.45. The van der Waals surface area contributed by atoms with Crippen LogP contribution in [0, 0.1) is 0 Å². The first kappa shape index (κ1) is 19.2. The Bertz CT molecular complexity index is 1250. The number of aromatic hydroxyl groups is 1. The van der Waals surface area contributed by atoms with Gasteiger partial charge < -0.3 is 14.3 Å². The van der Waals surface area contributed by atoms with Gasteiger partial charge in [0.25, 0.3) is 0 Å². The second-order valence-corrected chi connectivity index (χ2v) is 8.48. The number of hydrogen-bond acceptors (Lipinski definition) is 7. The molecule has 3 heterocycles. The third-order valence-corrected chi connectivity index (χ3v) is 6.67. The van der Waals surface area contributed by atoms with Gasteiger partial charge >= 0.3 is 0 Å². The fourth-order valence-electron chi connectivity index (χ4n) is 3.93. The number of benzene rings is 2. The van der Waals surface area contributed by atoms with Gasteiger partial charge in [-0.15, -0.1) is 11.3 Å². The van der Waals surface area contributed by atoms with E-state index in [-0.39, 0.29) is 11.2 Å². The van der Waals surface area contributed by atoms with E-state index in [1.165, 1.54) is 17.6 Å². The zero-order valence-corrected chi connectivity index (χ0v) is 17.5. The number of phenols is 1. The molecular weight excluding hydrogens is 400 g/mol. The first-order valence-corrected chi connectivity index (χ1v) is 10.9. The summed E-state index contributed by atoms with van der Waals surface area (Å²) in [5.74, 6) is 0.215. The molecule has 0 atom stereocenters. The summed E-state index contributed by atoms with van der Waals surface area (Å²) in [5.41, 5.74) is 3.07. The maximum atomic E-state index is 13.4. The van der Waals surface area contributed by atoms with Crippen molar-refractivity contribution >= 4 is 32.5 Å². The van der Waals surface area contributed by atoms with Crippen LogP contribution >= 0.6 is 11.3 Å². The lowest BCUT2D eigenvalue weighted by Crippen LogP contribution is -2.35. The fourth-order valence-corrected chi connectivity index (χ4v) is 4.89. The van der Waals surface area contributed by atoms with Gasteiger partial charge in [0.2, 0.25) is 5.43 Å². The number of rotatable bonds is 4. The number of thiazole rings is 1. The van der Waals surface area contributed by atoms with Gasteiger partial charge in [-0.25, -0.2) is 4.98 Å². The molecule has 2 aromatic heterocycles. The fraction of sp³-hybridized carbons (Fsp3) is 0.304. The molecule has 0 aliphatic carbocycles. The van der Waals surface area contributed by atoms with Crippen LogP contribution in [0.25, 0.3) is 31.8 Å². The molecule has 7 heteroatoms. The van der Waals surface area contributed by atoms with Crippen LogP contribution in [0.15, 0.2) is 45.8 Å². The zero-order chi connectivity index (χ0) is 20.7. The van der Waals surface area contributed by atoms with Crippen molar-refractivity contribution < 1.29 is 14.3 Å². The summed E-state index contributed by atoms with van der Waals surface area (Å²) in [6.07, 6.45) is 2.11. The number of aromatic nitrogens is 1. The van der Waals surface area contributed by atoms with E-state index in [1.807, 2.05) is 31.2 Å². The minimum atomic E-state index is -0.117. The van der Waals surface area contributed by atoms with E-state index in [1.54, 1.807) is 6.07 Å². The van der Waals surface area contributed by atoms with E-state index in [0.29, 0.717) is 53.3 Å². The SMILES string of the molecule is CCc1cc2c(=O)c(-c3nc4ccccc4s3)coc2c(CN2CCOCC2)c1O. The van der Waals surface area contributed by atoms with Crippen molar-refractivity contribution in [3.8, 4) is 16.3 Å². The lowest BCUT2D eigenvalue weighted by atomic mass is 10.0. The number of hydrogen-bond donors (Lipinski definition) is 1. The highest BCUT2D eigenvalue weighted by atomic mass is 32.1. The van der Waals surface area contributed by atoms with Crippen molar-refractivity contribution in [3.63, 3.8) is 0 Å². The van der Waals surface area contributed by atoms with E-state index in [9.17, 15) is 9.90 Å². The summed E-state index contributed by atoms with van der Waals surface area (Å²) < 4.78 is 12.4. The Labute approximate surface area is 177 Å². The van der Waals surface area contributed by atoms with Gasteiger partial charge in [-0.2, -0.15) is 0 Å². The third-order valence-electron chi connectivity index (χ3n) is 5.60. The van der Waals surface area contributed by atoms with Crippen molar-refractivity contribution in [1.82, 2.24) is 9.88 Å². The lowest BCUT2D eigenvalue weighted by molar-refractivity contribution is 0.0339. The van der Waals surface area contributed by atoms with Crippen LogP contribution in [0.1, 0.15) is 18.1 Å². The highest BCUT2D eigenvalue weighted by Gasteiger charge is 2.22. The lowest BCUT2D eigenvalue weighted by Gasteiger charge is -2.27. The van der Waals surface area contributed by atoms with E-state index in [2.05, 4.69) is 9.88 Å². The highest BCUT2D eigenvalue weighted by molar-refractivity contribution is 7.21. The Balaban J connectivity index is 1.67. The minimum Gasteiger partial charge on any atom is -0.507 e. The maximum Gasteiger partial charge on any atom is 0.202 e. The topological polar surface area (TPSA) is 75.8 Å². The van der Waals surface area contributed by atoms with Gasteiger partial charge in [0.05, 0.1) is 39.9 Å².